The van der Waals surface area contributed by atoms with Gasteiger partial charge >= 0.3 is 12.1 Å². The van der Waals surface area contributed by atoms with Gasteiger partial charge in [-0.05, 0) is 23.6 Å². The summed E-state index contributed by atoms with van der Waals surface area (Å²) in [5.74, 6) is -6.53. The minimum absolute atomic E-state index is 0.0669. The highest BCUT2D eigenvalue weighted by Crippen LogP contribution is 2.38. The highest BCUT2D eigenvalue weighted by Gasteiger charge is 2.53. The molecule has 1 heterocycles. The SMILES string of the molecule is CC(CC(=O)N1C[C@@H](C(F)(F)F)[C@H](C(=O)O)C1)c1ccc(F)cc1. The first-order chi connectivity index (χ1) is 11.1. The van der Waals surface area contributed by atoms with E-state index in [2.05, 4.69) is 0 Å². The van der Waals surface area contributed by atoms with Crippen LogP contribution in [0.2, 0.25) is 0 Å². The summed E-state index contributed by atoms with van der Waals surface area (Å²) < 4.78 is 51.7. The van der Waals surface area contributed by atoms with Gasteiger partial charge in [-0.25, -0.2) is 4.39 Å². The fourth-order valence-corrected chi connectivity index (χ4v) is 2.89. The number of rotatable bonds is 4. The number of alkyl halides is 3. The van der Waals surface area contributed by atoms with Gasteiger partial charge < -0.3 is 10.0 Å². The van der Waals surface area contributed by atoms with E-state index in [-0.39, 0.29) is 12.3 Å². The molecule has 1 saturated heterocycles. The summed E-state index contributed by atoms with van der Waals surface area (Å²) in [6, 6.07) is 5.50. The average Bonchev–Trinajstić information content (AvgIpc) is 2.93. The lowest BCUT2D eigenvalue weighted by molar-refractivity contribution is -0.188. The number of amides is 1. The van der Waals surface area contributed by atoms with Crippen LogP contribution in [0.4, 0.5) is 17.6 Å². The number of hydrogen-bond donors (Lipinski definition) is 1. The molecule has 1 amide bonds. The molecule has 3 atom stereocenters. The van der Waals surface area contributed by atoms with Crippen LogP contribution in [0.1, 0.15) is 24.8 Å². The Kier molecular flexibility index (Phi) is 5.15. The van der Waals surface area contributed by atoms with Crippen LogP contribution >= 0.6 is 0 Å². The van der Waals surface area contributed by atoms with Crippen molar-refractivity contribution in [2.24, 2.45) is 11.8 Å². The van der Waals surface area contributed by atoms with Gasteiger partial charge in [-0.15, -0.1) is 0 Å². The summed E-state index contributed by atoms with van der Waals surface area (Å²) in [5, 5.41) is 8.96. The van der Waals surface area contributed by atoms with E-state index >= 15 is 0 Å². The molecule has 24 heavy (non-hydrogen) atoms. The molecule has 8 heteroatoms. The third-order valence-electron chi connectivity index (χ3n) is 4.33. The smallest absolute Gasteiger partial charge is 0.394 e. The monoisotopic (exact) mass is 347 g/mol. The minimum Gasteiger partial charge on any atom is -0.481 e. The Hall–Kier alpha value is -2.12. The van der Waals surface area contributed by atoms with Crippen molar-refractivity contribution < 1.29 is 32.3 Å². The maximum absolute atomic E-state index is 12.9. The topological polar surface area (TPSA) is 57.6 Å². The second-order valence-electron chi connectivity index (χ2n) is 6.05. The lowest BCUT2D eigenvalue weighted by Crippen LogP contribution is -2.34. The molecule has 1 fully saturated rings. The Morgan fingerprint density at radius 2 is 1.83 bits per heavy atom. The average molecular weight is 347 g/mol. The number of carboxylic acid groups (broad SMARTS) is 1. The Labute approximate surface area is 136 Å². The number of nitrogens with zero attached hydrogens (tertiary/aromatic N) is 1. The zero-order valence-corrected chi connectivity index (χ0v) is 12.9. The van der Waals surface area contributed by atoms with E-state index < -0.39 is 48.8 Å². The van der Waals surface area contributed by atoms with Gasteiger partial charge in [-0.2, -0.15) is 13.2 Å². The molecule has 0 spiro atoms. The highest BCUT2D eigenvalue weighted by molar-refractivity contribution is 5.79. The third-order valence-corrected chi connectivity index (χ3v) is 4.33. The molecule has 4 nitrogen and oxygen atoms in total. The van der Waals surface area contributed by atoms with Gasteiger partial charge in [-0.1, -0.05) is 19.1 Å². The van der Waals surface area contributed by atoms with Gasteiger partial charge in [0.25, 0.3) is 0 Å². The van der Waals surface area contributed by atoms with E-state index in [1.54, 1.807) is 6.92 Å². The largest absolute Gasteiger partial charge is 0.481 e. The van der Waals surface area contributed by atoms with Crippen LogP contribution in [0, 0.1) is 17.7 Å². The number of carbonyl (C=O) groups excluding carboxylic acids is 1. The molecule has 1 unspecified atom stereocenters. The summed E-state index contributed by atoms with van der Waals surface area (Å²) in [4.78, 5) is 24.2. The van der Waals surface area contributed by atoms with Gasteiger partial charge in [0.15, 0.2) is 0 Å². The Morgan fingerprint density at radius 3 is 2.29 bits per heavy atom. The molecule has 1 aromatic rings. The quantitative estimate of drug-likeness (QED) is 0.852. The fourth-order valence-electron chi connectivity index (χ4n) is 2.89. The third kappa shape index (κ3) is 4.04. The van der Waals surface area contributed by atoms with Crippen LogP contribution in [-0.2, 0) is 9.59 Å². The standard InChI is InChI=1S/C16H17F4NO3/c1-9(10-2-4-11(17)5-3-10)6-14(22)21-7-12(15(23)24)13(8-21)16(18,19)20/h2-5,9,12-13H,6-8H2,1H3,(H,23,24)/t9?,12-,13-/m1/s1. The van der Waals surface area contributed by atoms with Crippen molar-refractivity contribution >= 4 is 11.9 Å². The lowest BCUT2D eigenvalue weighted by atomic mass is 9.96. The summed E-state index contributed by atoms with van der Waals surface area (Å²) in [7, 11) is 0. The maximum Gasteiger partial charge on any atom is 0.394 e. The molecule has 1 aliphatic rings. The minimum atomic E-state index is -4.67. The summed E-state index contributed by atoms with van der Waals surface area (Å²) in [6.45, 7) is 0.612. The van der Waals surface area contributed by atoms with E-state index in [0.29, 0.717) is 5.56 Å². The summed E-state index contributed by atoms with van der Waals surface area (Å²) in [6.07, 6.45) is -4.73. The van der Waals surface area contributed by atoms with Crippen LogP contribution in [-0.4, -0.2) is 41.1 Å². The number of benzene rings is 1. The molecule has 1 N–H and O–H groups in total. The number of carboxylic acids is 1. The normalized spacial score (nSPS) is 22.5. The van der Waals surface area contributed by atoms with E-state index in [9.17, 15) is 27.2 Å². The summed E-state index contributed by atoms with van der Waals surface area (Å²) in [5.41, 5.74) is 0.686. The van der Waals surface area contributed by atoms with Gasteiger partial charge in [0.1, 0.15) is 5.82 Å². The van der Waals surface area contributed by atoms with Gasteiger partial charge in [0.05, 0.1) is 11.8 Å². The van der Waals surface area contributed by atoms with Crippen molar-refractivity contribution in [1.82, 2.24) is 4.90 Å². The fraction of sp³-hybridized carbons (Fsp3) is 0.500. The predicted octanol–water partition coefficient (Wildman–Crippen LogP) is 3.04. The molecule has 0 aliphatic carbocycles. The number of likely N-dealkylation sites (tertiary alicyclic amines) is 1. The van der Waals surface area contributed by atoms with E-state index in [1.807, 2.05) is 0 Å². The zero-order valence-electron chi connectivity index (χ0n) is 12.9. The van der Waals surface area contributed by atoms with E-state index in [1.165, 1.54) is 24.3 Å². The Morgan fingerprint density at radius 1 is 1.25 bits per heavy atom. The maximum atomic E-state index is 12.9. The number of hydrogen-bond acceptors (Lipinski definition) is 2. The summed E-state index contributed by atoms with van der Waals surface area (Å²) >= 11 is 0. The lowest BCUT2D eigenvalue weighted by Gasteiger charge is -2.20. The van der Waals surface area contributed by atoms with Crippen molar-refractivity contribution in [2.75, 3.05) is 13.1 Å². The Balaban J connectivity index is 2.05. The molecule has 1 aliphatic heterocycles. The first kappa shape index (κ1) is 18.2. The van der Waals surface area contributed by atoms with Crippen LogP contribution in [0.5, 0.6) is 0 Å². The molecule has 0 saturated carbocycles. The molecular formula is C16H17F4NO3. The predicted molar refractivity (Wildman–Crippen MR) is 76.7 cm³/mol. The molecule has 132 valence electrons. The molecule has 0 bridgehead atoms. The first-order valence-electron chi connectivity index (χ1n) is 7.42. The van der Waals surface area contributed by atoms with E-state index in [4.69, 9.17) is 5.11 Å². The molecule has 0 radical (unpaired) electrons. The highest BCUT2D eigenvalue weighted by atomic mass is 19.4. The van der Waals surface area contributed by atoms with Crippen molar-refractivity contribution in [1.29, 1.82) is 0 Å². The van der Waals surface area contributed by atoms with E-state index in [0.717, 1.165) is 4.90 Å². The second-order valence-corrected chi connectivity index (χ2v) is 6.05. The number of carbonyl (C=O) groups is 2. The first-order valence-corrected chi connectivity index (χ1v) is 7.42. The van der Waals surface area contributed by atoms with Gasteiger partial charge in [-0.3, -0.25) is 9.59 Å². The molecule has 1 aromatic carbocycles. The van der Waals surface area contributed by atoms with Crippen molar-refractivity contribution in [3.63, 3.8) is 0 Å². The Bertz CT molecular complexity index is 615. The van der Waals surface area contributed by atoms with Crippen molar-refractivity contribution in [2.45, 2.75) is 25.4 Å². The second kappa shape index (κ2) is 6.78. The van der Waals surface area contributed by atoms with Gasteiger partial charge in [0.2, 0.25) is 5.91 Å². The molecule has 2 rings (SSSR count). The zero-order chi connectivity index (χ0) is 18.1. The van der Waals surface area contributed by atoms with Crippen LogP contribution in [0.15, 0.2) is 24.3 Å². The van der Waals surface area contributed by atoms with Crippen LogP contribution in [0.25, 0.3) is 0 Å². The molecular weight excluding hydrogens is 330 g/mol. The van der Waals surface area contributed by atoms with Crippen molar-refractivity contribution in [3.8, 4) is 0 Å². The number of aliphatic carboxylic acids is 1. The van der Waals surface area contributed by atoms with Crippen LogP contribution in [0.3, 0.4) is 0 Å². The molecule has 0 aromatic heterocycles. The van der Waals surface area contributed by atoms with Gasteiger partial charge in [0, 0.05) is 19.5 Å². The van der Waals surface area contributed by atoms with Crippen LogP contribution < -0.4 is 0 Å². The van der Waals surface area contributed by atoms with Crippen molar-refractivity contribution in [3.05, 3.63) is 35.6 Å². The number of halogens is 4.